The lowest BCUT2D eigenvalue weighted by atomic mass is 9.98. The van der Waals surface area contributed by atoms with Crippen molar-refractivity contribution in [1.82, 2.24) is 10.6 Å². The number of ether oxygens (including phenoxy) is 3. The maximum Gasteiger partial charge on any atom is 0.414 e. The number of rotatable bonds is 6. The summed E-state index contributed by atoms with van der Waals surface area (Å²) in [7, 11) is 0. The molecule has 1 fully saturated rings. The third-order valence-corrected chi connectivity index (χ3v) is 5.14. The van der Waals surface area contributed by atoms with Crippen LogP contribution in [0.5, 0.6) is 0 Å². The third kappa shape index (κ3) is 5.48. The van der Waals surface area contributed by atoms with Gasteiger partial charge in [-0.05, 0) is 11.1 Å². The highest BCUT2D eigenvalue weighted by molar-refractivity contribution is 5.99. The van der Waals surface area contributed by atoms with Crippen LogP contribution in [0.25, 0.3) is 0 Å². The average molecular weight is 423 g/mol. The fraction of sp³-hybridized carbons (Fsp3) is 0.348. The number of hydrogen-bond donors (Lipinski definition) is 2. The van der Waals surface area contributed by atoms with Gasteiger partial charge in [-0.2, -0.15) is 0 Å². The fourth-order valence-corrected chi connectivity index (χ4v) is 3.62. The van der Waals surface area contributed by atoms with E-state index in [1.807, 2.05) is 60.7 Å². The molecule has 0 aromatic heterocycles. The topological polar surface area (TPSA) is 98.3 Å². The van der Waals surface area contributed by atoms with Crippen LogP contribution in [-0.2, 0) is 32.2 Å². The van der Waals surface area contributed by atoms with Crippen molar-refractivity contribution in [2.24, 2.45) is 4.99 Å². The summed E-state index contributed by atoms with van der Waals surface area (Å²) in [4.78, 5) is 29.3. The molecule has 8 nitrogen and oxygen atoms in total. The predicted molar refractivity (Wildman–Crippen MR) is 113 cm³/mol. The van der Waals surface area contributed by atoms with Crippen molar-refractivity contribution in [2.75, 3.05) is 13.2 Å². The SMILES string of the molecule is O=C(NC1=NC(COCc2ccccc2)C[C@@]2(N1)OCCC2=O)OCc1ccccc1. The molecular formula is C23H25N3O5. The lowest BCUT2D eigenvalue weighted by molar-refractivity contribution is -0.135. The van der Waals surface area contributed by atoms with Gasteiger partial charge in [-0.15, -0.1) is 0 Å². The summed E-state index contributed by atoms with van der Waals surface area (Å²) in [6.07, 6.45) is -0.0113. The van der Waals surface area contributed by atoms with Gasteiger partial charge < -0.3 is 19.5 Å². The number of hydrogen-bond acceptors (Lipinski definition) is 7. The van der Waals surface area contributed by atoms with Gasteiger partial charge in [-0.3, -0.25) is 10.1 Å². The quantitative estimate of drug-likeness (QED) is 0.741. The van der Waals surface area contributed by atoms with Crippen LogP contribution in [0.4, 0.5) is 4.79 Å². The van der Waals surface area contributed by atoms with Gasteiger partial charge in [0, 0.05) is 12.8 Å². The standard InChI is InChI=1S/C23H25N3O5/c27-20-11-12-31-23(20)13-19(16-29-14-17-7-3-1-4-8-17)24-21(26-23)25-22(28)30-15-18-9-5-2-6-10-18/h1-10,19H,11-16H2,(H2,24,25,26,28)/t19?,23-/m1/s1. The number of alkyl carbamates (subject to hydrolysis) is 1. The molecule has 2 N–H and O–H groups in total. The van der Waals surface area contributed by atoms with Crippen LogP contribution in [0.15, 0.2) is 65.7 Å². The third-order valence-electron chi connectivity index (χ3n) is 5.14. The number of benzene rings is 2. The van der Waals surface area contributed by atoms with Crippen LogP contribution in [0, 0.1) is 0 Å². The molecule has 4 rings (SSSR count). The van der Waals surface area contributed by atoms with E-state index in [2.05, 4.69) is 15.6 Å². The molecule has 2 aromatic carbocycles. The molecule has 8 heteroatoms. The highest BCUT2D eigenvalue weighted by Gasteiger charge is 2.48. The van der Waals surface area contributed by atoms with Gasteiger partial charge in [0.25, 0.3) is 0 Å². The van der Waals surface area contributed by atoms with E-state index in [4.69, 9.17) is 14.2 Å². The number of nitrogens with zero attached hydrogens (tertiary/aromatic N) is 1. The van der Waals surface area contributed by atoms with Gasteiger partial charge in [0.2, 0.25) is 11.7 Å². The molecule has 31 heavy (non-hydrogen) atoms. The number of carbonyl (C=O) groups excluding carboxylic acids is 2. The van der Waals surface area contributed by atoms with Gasteiger partial charge in [0.15, 0.2) is 5.78 Å². The Morgan fingerprint density at radius 2 is 1.77 bits per heavy atom. The molecule has 0 saturated carbocycles. The van der Waals surface area contributed by atoms with Gasteiger partial charge in [-0.25, -0.2) is 9.79 Å². The first-order valence-electron chi connectivity index (χ1n) is 10.3. The molecular weight excluding hydrogens is 398 g/mol. The normalized spacial score (nSPS) is 22.6. The van der Waals surface area contributed by atoms with Crippen molar-refractivity contribution in [3.63, 3.8) is 0 Å². The summed E-state index contributed by atoms with van der Waals surface area (Å²) in [5.41, 5.74) is 0.727. The number of Topliss-reactive ketones (excluding diaryl/α,β-unsaturated/α-hetero) is 1. The maximum absolute atomic E-state index is 12.5. The molecule has 1 spiro atoms. The Balaban J connectivity index is 1.37. The van der Waals surface area contributed by atoms with Crippen molar-refractivity contribution in [2.45, 2.75) is 37.8 Å². The Hall–Kier alpha value is -3.23. The lowest BCUT2D eigenvalue weighted by Gasteiger charge is -2.35. The molecule has 1 unspecified atom stereocenters. The van der Waals surface area contributed by atoms with E-state index in [-0.39, 0.29) is 24.4 Å². The van der Waals surface area contributed by atoms with Crippen LogP contribution in [0.1, 0.15) is 24.0 Å². The average Bonchev–Trinajstić information content (AvgIpc) is 3.12. The summed E-state index contributed by atoms with van der Waals surface area (Å²) in [6.45, 7) is 1.18. The summed E-state index contributed by atoms with van der Waals surface area (Å²) in [5, 5.41) is 5.55. The molecule has 2 aromatic rings. The maximum atomic E-state index is 12.5. The van der Waals surface area contributed by atoms with E-state index < -0.39 is 11.8 Å². The molecule has 1 saturated heterocycles. The highest BCUT2D eigenvalue weighted by Crippen LogP contribution is 2.28. The second kappa shape index (κ2) is 9.72. The van der Waals surface area contributed by atoms with E-state index in [9.17, 15) is 9.59 Å². The van der Waals surface area contributed by atoms with Gasteiger partial charge in [0.05, 0.1) is 25.9 Å². The molecule has 162 valence electrons. The first-order chi connectivity index (χ1) is 15.1. The highest BCUT2D eigenvalue weighted by atomic mass is 16.6. The first kappa shape index (κ1) is 21.0. The molecule has 2 aliphatic rings. The Morgan fingerprint density at radius 3 is 2.42 bits per heavy atom. The Bertz CT molecular complexity index is 935. The smallest absolute Gasteiger partial charge is 0.414 e. The number of ketones is 1. The first-order valence-corrected chi connectivity index (χ1v) is 10.3. The Kier molecular flexibility index (Phi) is 6.59. The summed E-state index contributed by atoms with van der Waals surface area (Å²) in [5.74, 6) is 0.0836. The second-order valence-corrected chi connectivity index (χ2v) is 7.50. The monoisotopic (exact) mass is 423 g/mol. The van der Waals surface area contributed by atoms with Crippen LogP contribution >= 0.6 is 0 Å². The number of amides is 1. The molecule has 0 bridgehead atoms. The number of aliphatic imine (C=N–C) groups is 1. The summed E-state index contributed by atoms with van der Waals surface area (Å²) in [6, 6.07) is 18.8. The minimum Gasteiger partial charge on any atom is -0.444 e. The van der Waals surface area contributed by atoms with Crippen LogP contribution < -0.4 is 10.6 Å². The zero-order chi connectivity index (χ0) is 21.5. The van der Waals surface area contributed by atoms with Gasteiger partial charge in [-0.1, -0.05) is 60.7 Å². The van der Waals surface area contributed by atoms with E-state index in [0.29, 0.717) is 32.7 Å². The Labute approximate surface area is 180 Å². The second-order valence-electron chi connectivity index (χ2n) is 7.50. The zero-order valence-electron chi connectivity index (χ0n) is 17.1. The van der Waals surface area contributed by atoms with Crippen LogP contribution in [0.3, 0.4) is 0 Å². The lowest BCUT2D eigenvalue weighted by Crippen LogP contribution is -2.62. The zero-order valence-corrected chi connectivity index (χ0v) is 17.1. The van der Waals surface area contributed by atoms with Gasteiger partial charge in [0.1, 0.15) is 6.61 Å². The Morgan fingerprint density at radius 1 is 1.10 bits per heavy atom. The molecule has 2 atom stereocenters. The molecule has 0 radical (unpaired) electrons. The predicted octanol–water partition coefficient (Wildman–Crippen LogP) is 2.53. The minimum absolute atomic E-state index is 0.0626. The van der Waals surface area contributed by atoms with Crippen molar-refractivity contribution in [1.29, 1.82) is 0 Å². The minimum atomic E-state index is -1.19. The van der Waals surface area contributed by atoms with Crippen molar-refractivity contribution < 1.29 is 23.8 Å². The molecule has 0 aliphatic carbocycles. The van der Waals surface area contributed by atoms with E-state index in [1.54, 1.807) is 0 Å². The molecule has 1 amide bonds. The molecule has 2 aliphatic heterocycles. The van der Waals surface area contributed by atoms with E-state index >= 15 is 0 Å². The van der Waals surface area contributed by atoms with Crippen molar-refractivity contribution in [3.05, 3.63) is 71.8 Å². The largest absolute Gasteiger partial charge is 0.444 e. The molecule has 2 heterocycles. The van der Waals surface area contributed by atoms with E-state index in [1.165, 1.54) is 0 Å². The van der Waals surface area contributed by atoms with Crippen molar-refractivity contribution in [3.8, 4) is 0 Å². The summed E-state index contributed by atoms with van der Waals surface area (Å²) < 4.78 is 16.8. The number of guanidine groups is 1. The van der Waals surface area contributed by atoms with Gasteiger partial charge >= 0.3 is 6.09 Å². The van der Waals surface area contributed by atoms with Crippen molar-refractivity contribution >= 4 is 17.8 Å². The van der Waals surface area contributed by atoms with Crippen LogP contribution in [-0.4, -0.2) is 42.8 Å². The number of carbonyl (C=O) groups is 2. The number of nitrogens with one attached hydrogen (secondary N) is 2. The summed E-state index contributed by atoms with van der Waals surface area (Å²) >= 11 is 0. The fourth-order valence-electron chi connectivity index (χ4n) is 3.62. The van der Waals surface area contributed by atoms with E-state index in [0.717, 1.165) is 11.1 Å². The van der Waals surface area contributed by atoms with Crippen LogP contribution in [0.2, 0.25) is 0 Å².